The summed E-state index contributed by atoms with van der Waals surface area (Å²) in [6, 6.07) is 14.2. The van der Waals surface area contributed by atoms with Crippen molar-refractivity contribution in [1.29, 1.82) is 0 Å². The van der Waals surface area contributed by atoms with Gasteiger partial charge in [0.05, 0.1) is 0 Å². The summed E-state index contributed by atoms with van der Waals surface area (Å²) in [5.74, 6) is 0.590. The predicted molar refractivity (Wildman–Crippen MR) is 91.7 cm³/mol. The van der Waals surface area contributed by atoms with Crippen molar-refractivity contribution in [2.45, 2.75) is 46.2 Å². The predicted octanol–water partition coefficient (Wildman–Crippen LogP) is 5.36. The summed E-state index contributed by atoms with van der Waals surface area (Å²) in [6.45, 7) is 9.39. The Morgan fingerprint density at radius 3 is 2.57 bits per heavy atom. The van der Waals surface area contributed by atoms with Gasteiger partial charge in [-0.1, -0.05) is 58.0 Å². The Balaban J connectivity index is 1.92. The molecule has 2 aromatic rings. The number of benzene rings is 1. The molecule has 2 heteroatoms. The topological polar surface area (TPSA) is 12.0 Å². The standard InChI is InChI=1S/C19H25NS/c1-13(2)17(16-10-7-11-21-16)20-18-15-9-6-5-8-14(15)12-19(18,3)4/h5-11,13,17-18,20H,12H2,1-4H3. The monoisotopic (exact) mass is 299 g/mol. The molecule has 3 rings (SSSR count). The van der Waals surface area contributed by atoms with E-state index < -0.39 is 0 Å². The Morgan fingerprint density at radius 2 is 1.90 bits per heavy atom. The maximum atomic E-state index is 3.97. The second-order valence-electron chi connectivity index (χ2n) is 7.20. The van der Waals surface area contributed by atoms with Gasteiger partial charge in [0.15, 0.2) is 0 Å². The second-order valence-corrected chi connectivity index (χ2v) is 8.18. The van der Waals surface area contributed by atoms with Gasteiger partial charge < -0.3 is 5.32 Å². The van der Waals surface area contributed by atoms with Crippen LogP contribution in [0.3, 0.4) is 0 Å². The average Bonchev–Trinajstić information content (AvgIpc) is 3.00. The molecule has 112 valence electrons. The summed E-state index contributed by atoms with van der Waals surface area (Å²) in [5, 5.41) is 6.16. The molecule has 0 spiro atoms. The summed E-state index contributed by atoms with van der Waals surface area (Å²) in [6.07, 6.45) is 1.16. The number of nitrogens with one attached hydrogen (secondary N) is 1. The van der Waals surface area contributed by atoms with Crippen molar-refractivity contribution in [3.8, 4) is 0 Å². The molecule has 0 saturated heterocycles. The first kappa shape index (κ1) is 14.8. The first-order chi connectivity index (χ1) is 9.99. The summed E-state index contributed by atoms with van der Waals surface area (Å²) in [7, 11) is 0. The average molecular weight is 299 g/mol. The summed E-state index contributed by atoms with van der Waals surface area (Å²) < 4.78 is 0. The van der Waals surface area contributed by atoms with Gasteiger partial charge in [-0.2, -0.15) is 0 Å². The van der Waals surface area contributed by atoms with Gasteiger partial charge in [0.1, 0.15) is 0 Å². The van der Waals surface area contributed by atoms with E-state index in [0.717, 1.165) is 6.42 Å². The third kappa shape index (κ3) is 2.79. The molecule has 0 aliphatic heterocycles. The fourth-order valence-corrected chi connectivity index (χ4v) is 4.52. The number of thiophene rings is 1. The Bertz CT molecular complexity index is 598. The van der Waals surface area contributed by atoms with E-state index in [2.05, 4.69) is 74.8 Å². The van der Waals surface area contributed by atoms with Crippen LogP contribution in [0.4, 0.5) is 0 Å². The van der Waals surface area contributed by atoms with Crippen molar-refractivity contribution in [2.24, 2.45) is 11.3 Å². The number of hydrogen-bond acceptors (Lipinski definition) is 2. The largest absolute Gasteiger partial charge is 0.302 e. The van der Waals surface area contributed by atoms with E-state index in [1.807, 2.05) is 11.3 Å². The first-order valence-electron chi connectivity index (χ1n) is 7.86. The first-order valence-corrected chi connectivity index (χ1v) is 8.74. The van der Waals surface area contributed by atoms with Crippen LogP contribution in [0, 0.1) is 11.3 Å². The molecule has 1 heterocycles. The molecular weight excluding hydrogens is 274 g/mol. The summed E-state index contributed by atoms with van der Waals surface area (Å²) in [5.41, 5.74) is 3.27. The Hall–Kier alpha value is -1.12. The van der Waals surface area contributed by atoms with Crippen molar-refractivity contribution >= 4 is 11.3 Å². The van der Waals surface area contributed by atoms with E-state index >= 15 is 0 Å². The molecule has 1 aliphatic carbocycles. The van der Waals surface area contributed by atoms with E-state index in [9.17, 15) is 0 Å². The van der Waals surface area contributed by atoms with Crippen LogP contribution in [-0.4, -0.2) is 0 Å². The van der Waals surface area contributed by atoms with Gasteiger partial charge in [-0.15, -0.1) is 11.3 Å². The van der Waals surface area contributed by atoms with Crippen LogP contribution in [0.2, 0.25) is 0 Å². The molecule has 2 unspecified atom stereocenters. The lowest BCUT2D eigenvalue weighted by atomic mass is 9.84. The van der Waals surface area contributed by atoms with E-state index in [-0.39, 0.29) is 5.41 Å². The molecule has 1 aliphatic rings. The van der Waals surface area contributed by atoms with Gasteiger partial charge in [0.2, 0.25) is 0 Å². The van der Waals surface area contributed by atoms with Gasteiger partial charge in [-0.25, -0.2) is 0 Å². The molecule has 1 N–H and O–H groups in total. The normalized spacial score (nSPS) is 21.5. The highest BCUT2D eigenvalue weighted by Gasteiger charge is 2.40. The fraction of sp³-hybridized carbons (Fsp3) is 0.474. The van der Waals surface area contributed by atoms with Crippen molar-refractivity contribution in [2.75, 3.05) is 0 Å². The molecule has 1 aromatic heterocycles. The smallest absolute Gasteiger partial charge is 0.0443 e. The molecule has 0 saturated carbocycles. The molecular formula is C19H25NS. The van der Waals surface area contributed by atoms with Gasteiger partial charge in [-0.05, 0) is 40.3 Å². The van der Waals surface area contributed by atoms with E-state index in [1.54, 1.807) is 0 Å². The SMILES string of the molecule is CC(C)C(NC1c2ccccc2CC1(C)C)c1cccs1. The maximum absolute atomic E-state index is 3.97. The van der Waals surface area contributed by atoms with Crippen LogP contribution >= 0.6 is 11.3 Å². The molecule has 21 heavy (non-hydrogen) atoms. The van der Waals surface area contributed by atoms with Crippen LogP contribution in [0.25, 0.3) is 0 Å². The number of hydrogen-bond donors (Lipinski definition) is 1. The van der Waals surface area contributed by atoms with E-state index in [0.29, 0.717) is 18.0 Å². The molecule has 2 atom stereocenters. The Kier molecular flexibility index (Phi) is 3.94. The highest BCUT2D eigenvalue weighted by molar-refractivity contribution is 7.10. The Morgan fingerprint density at radius 1 is 1.14 bits per heavy atom. The number of fused-ring (bicyclic) bond motifs is 1. The quantitative estimate of drug-likeness (QED) is 0.801. The lowest BCUT2D eigenvalue weighted by molar-refractivity contribution is 0.230. The highest BCUT2D eigenvalue weighted by atomic mass is 32.1. The zero-order valence-electron chi connectivity index (χ0n) is 13.4. The van der Waals surface area contributed by atoms with Crippen LogP contribution in [-0.2, 0) is 6.42 Å². The summed E-state index contributed by atoms with van der Waals surface area (Å²) >= 11 is 1.86. The van der Waals surface area contributed by atoms with Crippen molar-refractivity contribution in [1.82, 2.24) is 5.32 Å². The minimum Gasteiger partial charge on any atom is -0.302 e. The van der Waals surface area contributed by atoms with Crippen LogP contribution in [0.15, 0.2) is 41.8 Å². The van der Waals surface area contributed by atoms with E-state index in [4.69, 9.17) is 0 Å². The second kappa shape index (κ2) is 5.58. The third-order valence-corrected chi connectivity index (χ3v) is 5.61. The minimum absolute atomic E-state index is 0.272. The van der Waals surface area contributed by atoms with Crippen LogP contribution in [0.5, 0.6) is 0 Å². The minimum atomic E-state index is 0.272. The number of rotatable bonds is 4. The lowest BCUT2D eigenvalue weighted by Crippen LogP contribution is -2.35. The van der Waals surface area contributed by atoms with Gasteiger partial charge >= 0.3 is 0 Å². The van der Waals surface area contributed by atoms with Gasteiger partial charge in [-0.3, -0.25) is 0 Å². The fourth-order valence-electron chi connectivity index (χ4n) is 3.56. The summed E-state index contributed by atoms with van der Waals surface area (Å²) in [4.78, 5) is 1.45. The molecule has 0 amide bonds. The maximum Gasteiger partial charge on any atom is 0.0443 e. The van der Waals surface area contributed by atoms with Gasteiger partial charge in [0, 0.05) is 17.0 Å². The zero-order chi connectivity index (χ0) is 15.0. The molecule has 1 aromatic carbocycles. The van der Waals surface area contributed by atoms with Crippen LogP contribution in [0.1, 0.15) is 55.8 Å². The van der Waals surface area contributed by atoms with Crippen molar-refractivity contribution < 1.29 is 0 Å². The molecule has 1 nitrogen and oxygen atoms in total. The molecule has 0 fully saturated rings. The lowest BCUT2D eigenvalue weighted by Gasteiger charge is -2.34. The van der Waals surface area contributed by atoms with E-state index in [1.165, 1.54) is 16.0 Å². The zero-order valence-corrected chi connectivity index (χ0v) is 14.2. The Labute approximate surface area is 132 Å². The molecule has 0 bridgehead atoms. The van der Waals surface area contributed by atoms with Gasteiger partial charge in [0.25, 0.3) is 0 Å². The third-order valence-electron chi connectivity index (χ3n) is 4.66. The van der Waals surface area contributed by atoms with Crippen molar-refractivity contribution in [3.05, 3.63) is 57.8 Å². The highest BCUT2D eigenvalue weighted by Crippen LogP contribution is 2.46. The van der Waals surface area contributed by atoms with Crippen LogP contribution < -0.4 is 5.32 Å². The van der Waals surface area contributed by atoms with Crippen molar-refractivity contribution in [3.63, 3.8) is 0 Å². The molecule has 0 radical (unpaired) electrons.